The maximum absolute atomic E-state index is 6.20. The van der Waals surface area contributed by atoms with Gasteiger partial charge in [-0.05, 0) is 25.7 Å². The second-order valence-corrected chi connectivity index (χ2v) is 4.11. The van der Waals surface area contributed by atoms with Crippen molar-refractivity contribution in [2.24, 2.45) is 5.92 Å². The third-order valence-electron chi connectivity index (χ3n) is 2.55. The molecule has 2 rings (SSSR count). The summed E-state index contributed by atoms with van der Waals surface area (Å²) in [6.45, 7) is 2.04. The van der Waals surface area contributed by atoms with Gasteiger partial charge >= 0.3 is 0 Å². The smallest absolute Gasteiger partial charge is 0.137 e. The number of hydrogen-bond acceptors (Lipinski definition) is 2. The summed E-state index contributed by atoms with van der Waals surface area (Å²) in [5.41, 5.74) is 1.14. The molecule has 1 heterocycles. The molecule has 0 bridgehead atoms. The normalized spacial score (nSPS) is 28.2. The zero-order chi connectivity index (χ0) is 9.42. The van der Waals surface area contributed by atoms with Crippen LogP contribution in [-0.2, 0) is 4.74 Å². The van der Waals surface area contributed by atoms with E-state index < -0.39 is 0 Å². The predicted molar refractivity (Wildman–Crippen MR) is 53.3 cm³/mol. The van der Waals surface area contributed by atoms with Crippen molar-refractivity contribution in [2.45, 2.75) is 25.8 Å². The highest BCUT2D eigenvalue weighted by molar-refractivity contribution is 6.30. The Morgan fingerprint density at radius 2 is 2.23 bits per heavy atom. The first kappa shape index (κ1) is 8.95. The van der Waals surface area contributed by atoms with Crippen LogP contribution >= 0.6 is 11.6 Å². The molecule has 1 aliphatic heterocycles. The van der Waals surface area contributed by atoms with E-state index in [0.29, 0.717) is 12.0 Å². The van der Waals surface area contributed by atoms with E-state index in [1.807, 2.05) is 13.0 Å². The molecule has 0 radical (unpaired) electrons. The molecule has 0 aromatic carbocycles. The minimum Gasteiger partial charge on any atom is -0.495 e. The fraction of sp³-hybridized carbons (Fsp3) is 0.600. The maximum atomic E-state index is 6.20. The van der Waals surface area contributed by atoms with Crippen LogP contribution in [0.1, 0.15) is 19.8 Å². The van der Waals surface area contributed by atoms with Gasteiger partial charge < -0.3 is 10.1 Å². The van der Waals surface area contributed by atoms with Crippen molar-refractivity contribution in [1.82, 2.24) is 5.32 Å². The van der Waals surface area contributed by atoms with Gasteiger partial charge in [-0.15, -0.1) is 0 Å². The summed E-state index contributed by atoms with van der Waals surface area (Å²) in [5.74, 6) is 1.52. The maximum Gasteiger partial charge on any atom is 0.137 e. The number of dihydropyridines is 1. The predicted octanol–water partition coefficient (Wildman–Crippen LogP) is 2.37. The number of ether oxygens (including phenoxy) is 1. The first-order valence-corrected chi connectivity index (χ1v) is 4.98. The number of rotatable bonds is 2. The monoisotopic (exact) mass is 199 g/mol. The van der Waals surface area contributed by atoms with Crippen molar-refractivity contribution in [3.63, 3.8) is 0 Å². The van der Waals surface area contributed by atoms with Crippen LogP contribution in [0.5, 0.6) is 0 Å². The second kappa shape index (κ2) is 3.26. The fourth-order valence-electron chi connectivity index (χ4n) is 1.68. The molecule has 1 fully saturated rings. The number of allylic oxidation sites excluding steroid dienone is 2. The van der Waals surface area contributed by atoms with Gasteiger partial charge in [0.05, 0.1) is 18.2 Å². The zero-order valence-electron chi connectivity index (χ0n) is 7.93. The molecule has 2 aliphatic rings. The molecule has 0 aromatic heterocycles. The molecule has 1 N–H and O–H groups in total. The lowest BCUT2D eigenvalue weighted by molar-refractivity contribution is 0.296. The first-order chi connectivity index (χ1) is 6.22. The summed E-state index contributed by atoms with van der Waals surface area (Å²) in [5, 5.41) is 4.21. The van der Waals surface area contributed by atoms with Crippen molar-refractivity contribution in [3.05, 3.63) is 22.6 Å². The fourth-order valence-corrected chi connectivity index (χ4v) is 2.04. The average Bonchev–Trinajstić information content (AvgIpc) is 2.91. The van der Waals surface area contributed by atoms with Crippen LogP contribution in [0.3, 0.4) is 0 Å². The summed E-state index contributed by atoms with van der Waals surface area (Å²) in [6.07, 6.45) is 4.50. The van der Waals surface area contributed by atoms with Crippen molar-refractivity contribution in [3.8, 4) is 0 Å². The minimum atomic E-state index is 0.293. The second-order valence-electron chi connectivity index (χ2n) is 3.70. The first-order valence-electron chi connectivity index (χ1n) is 4.61. The molecule has 3 heteroatoms. The summed E-state index contributed by atoms with van der Waals surface area (Å²) >= 11 is 6.20. The molecule has 13 heavy (non-hydrogen) atoms. The van der Waals surface area contributed by atoms with Crippen LogP contribution in [-0.4, -0.2) is 13.2 Å². The molecule has 0 saturated heterocycles. The molecule has 1 atom stereocenters. The quantitative estimate of drug-likeness (QED) is 0.738. The Kier molecular flexibility index (Phi) is 2.24. The Morgan fingerprint density at radius 3 is 2.77 bits per heavy atom. The van der Waals surface area contributed by atoms with Crippen LogP contribution < -0.4 is 5.32 Å². The van der Waals surface area contributed by atoms with Crippen molar-refractivity contribution >= 4 is 11.6 Å². The van der Waals surface area contributed by atoms with E-state index in [0.717, 1.165) is 16.5 Å². The molecule has 0 aromatic rings. The van der Waals surface area contributed by atoms with Gasteiger partial charge in [-0.1, -0.05) is 11.6 Å². The van der Waals surface area contributed by atoms with Crippen LogP contribution in [0.4, 0.5) is 0 Å². The van der Waals surface area contributed by atoms with Gasteiger partial charge in [0, 0.05) is 11.8 Å². The highest BCUT2D eigenvalue weighted by Gasteiger charge is 2.36. The van der Waals surface area contributed by atoms with E-state index in [4.69, 9.17) is 16.3 Å². The summed E-state index contributed by atoms with van der Waals surface area (Å²) in [4.78, 5) is 0. The van der Waals surface area contributed by atoms with Gasteiger partial charge in [-0.3, -0.25) is 0 Å². The van der Waals surface area contributed by atoms with Gasteiger partial charge in [-0.2, -0.15) is 0 Å². The Bertz CT molecular complexity index is 279. The molecular formula is C10H14ClNO. The third-order valence-corrected chi connectivity index (χ3v) is 2.97. The van der Waals surface area contributed by atoms with Gasteiger partial charge in [0.15, 0.2) is 0 Å². The number of halogens is 1. The molecule has 72 valence electrons. The van der Waals surface area contributed by atoms with Crippen LogP contribution in [0.15, 0.2) is 22.6 Å². The van der Waals surface area contributed by atoms with E-state index in [2.05, 4.69) is 5.32 Å². The molecule has 0 spiro atoms. The lowest BCUT2D eigenvalue weighted by Crippen LogP contribution is -2.33. The standard InChI is InChI=1S/C10H14ClNO/c1-6-5-8(13-2)9(11)10(12-6)7-3-4-7/h5,7,10,12H,3-4H2,1-2H3. The molecule has 1 aliphatic carbocycles. The lowest BCUT2D eigenvalue weighted by atomic mass is 10.1. The van der Waals surface area contributed by atoms with Gasteiger partial charge in [-0.25, -0.2) is 0 Å². The summed E-state index contributed by atoms with van der Waals surface area (Å²) in [6, 6.07) is 0.293. The van der Waals surface area contributed by atoms with Crippen LogP contribution in [0, 0.1) is 5.92 Å². The molecule has 2 nitrogen and oxygen atoms in total. The number of hydrogen-bond donors (Lipinski definition) is 1. The Labute approximate surface area is 83.6 Å². The highest BCUT2D eigenvalue weighted by Crippen LogP contribution is 2.39. The van der Waals surface area contributed by atoms with Crippen molar-refractivity contribution in [1.29, 1.82) is 0 Å². The van der Waals surface area contributed by atoms with Gasteiger partial charge in [0.25, 0.3) is 0 Å². The Balaban J connectivity index is 2.23. The van der Waals surface area contributed by atoms with Crippen molar-refractivity contribution in [2.75, 3.05) is 7.11 Å². The van der Waals surface area contributed by atoms with Crippen LogP contribution in [0.25, 0.3) is 0 Å². The largest absolute Gasteiger partial charge is 0.495 e. The van der Waals surface area contributed by atoms with E-state index in [1.165, 1.54) is 12.8 Å². The van der Waals surface area contributed by atoms with E-state index in [-0.39, 0.29) is 0 Å². The third kappa shape index (κ3) is 1.68. The molecule has 1 unspecified atom stereocenters. The molecule has 0 amide bonds. The van der Waals surface area contributed by atoms with Crippen molar-refractivity contribution < 1.29 is 4.74 Å². The van der Waals surface area contributed by atoms with E-state index >= 15 is 0 Å². The topological polar surface area (TPSA) is 21.3 Å². The van der Waals surface area contributed by atoms with Crippen LogP contribution in [0.2, 0.25) is 0 Å². The summed E-state index contributed by atoms with van der Waals surface area (Å²) < 4.78 is 5.21. The Hall–Kier alpha value is -0.630. The van der Waals surface area contributed by atoms with Gasteiger partial charge in [0.1, 0.15) is 5.76 Å². The molecule has 1 saturated carbocycles. The average molecular weight is 200 g/mol. The summed E-state index contributed by atoms with van der Waals surface area (Å²) in [7, 11) is 1.66. The SMILES string of the molecule is COC1=C(Cl)C(C2CC2)NC(C)=C1. The zero-order valence-corrected chi connectivity index (χ0v) is 8.69. The number of methoxy groups -OCH3 is 1. The van der Waals surface area contributed by atoms with Gasteiger partial charge in [0.2, 0.25) is 0 Å². The molecular weight excluding hydrogens is 186 g/mol. The minimum absolute atomic E-state index is 0.293. The van der Waals surface area contributed by atoms with E-state index in [9.17, 15) is 0 Å². The lowest BCUT2D eigenvalue weighted by Gasteiger charge is -2.25. The Morgan fingerprint density at radius 1 is 1.54 bits per heavy atom. The number of nitrogens with one attached hydrogen (secondary N) is 1. The van der Waals surface area contributed by atoms with E-state index in [1.54, 1.807) is 7.11 Å². The highest BCUT2D eigenvalue weighted by atomic mass is 35.5.